The number of halogens is 1. The highest BCUT2D eigenvalue weighted by molar-refractivity contribution is 9.10. The summed E-state index contributed by atoms with van der Waals surface area (Å²) in [5.41, 5.74) is 2.05. The quantitative estimate of drug-likeness (QED) is 0.851. The summed E-state index contributed by atoms with van der Waals surface area (Å²) in [6.45, 7) is 0.830. The average Bonchev–Trinajstić information content (AvgIpc) is 2.46. The predicted molar refractivity (Wildman–Crippen MR) is 90.9 cm³/mol. The zero-order chi connectivity index (χ0) is 14.4. The highest BCUT2D eigenvalue weighted by Crippen LogP contribution is 2.16. The summed E-state index contributed by atoms with van der Waals surface area (Å²) in [6, 6.07) is 13.9. The van der Waals surface area contributed by atoms with E-state index in [1.54, 1.807) is 0 Å². The third-order valence-corrected chi connectivity index (χ3v) is 3.76. The Morgan fingerprint density at radius 1 is 1.30 bits per heavy atom. The lowest BCUT2D eigenvalue weighted by atomic mass is 10.2. The Morgan fingerprint density at radius 2 is 2.15 bits per heavy atom. The molecule has 0 bridgehead atoms. The van der Waals surface area contributed by atoms with Gasteiger partial charge in [-0.25, -0.2) is 0 Å². The summed E-state index contributed by atoms with van der Waals surface area (Å²) in [5, 5.41) is 3.93. The van der Waals surface area contributed by atoms with Crippen molar-refractivity contribution in [3.8, 4) is 0 Å². The Balaban J connectivity index is 1.86. The highest BCUT2D eigenvalue weighted by atomic mass is 79.9. The normalized spacial score (nSPS) is 10.1. The van der Waals surface area contributed by atoms with Gasteiger partial charge in [-0.1, -0.05) is 28.1 Å². The highest BCUT2D eigenvalue weighted by Gasteiger charge is 2.05. The van der Waals surface area contributed by atoms with Gasteiger partial charge in [0.25, 0.3) is 0 Å². The lowest BCUT2D eigenvalue weighted by molar-refractivity contribution is 0.512. The maximum Gasteiger partial charge on any atom is 0.173 e. The van der Waals surface area contributed by atoms with Crippen molar-refractivity contribution < 1.29 is 0 Å². The molecule has 1 N–H and O–H groups in total. The van der Waals surface area contributed by atoms with Crippen LogP contribution in [0.5, 0.6) is 0 Å². The van der Waals surface area contributed by atoms with Gasteiger partial charge in [0.2, 0.25) is 0 Å². The molecule has 20 heavy (non-hydrogen) atoms. The molecule has 0 amide bonds. The molecule has 3 nitrogen and oxygen atoms in total. The summed E-state index contributed by atoms with van der Waals surface area (Å²) >= 11 is 8.84. The minimum Gasteiger partial charge on any atom is -0.352 e. The van der Waals surface area contributed by atoms with Crippen LogP contribution in [-0.4, -0.2) is 28.6 Å². The molecule has 0 aliphatic carbocycles. The Hall–Kier alpha value is -1.46. The van der Waals surface area contributed by atoms with Crippen LogP contribution in [0.25, 0.3) is 0 Å². The maximum atomic E-state index is 5.40. The number of pyridine rings is 1. The van der Waals surface area contributed by atoms with Crippen molar-refractivity contribution in [1.29, 1.82) is 0 Å². The first kappa shape index (κ1) is 14.9. The molecule has 0 aliphatic heterocycles. The lowest BCUT2D eigenvalue weighted by Gasteiger charge is -2.21. The van der Waals surface area contributed by atoms with Gasteiger partial charge in [-0.05, 0) is 42.5 Å². The SMILES string of the molecule is CN(CCc1ccccn1)C(=S)Nc1cccc(Br)c1. The van der Waals surface area contributed by atoms with Crippen molar-refractivity contribution in [2.75, 3.05) is 18.9 Å². The third-order valence-electron chi connectivity index (χ3n) is 2.85. The second-order valence-electron chi connectivity index (χ2n) is 4.43. The fraction of sp³-hybridized carbons (Fsp3) is 0.200. The van der Waals surface area contributed by atoms with Crippen molar-refractivity contribution in [2.45, 2.75) is 6.42 Å². The lowest BCUT2D eigenvalue weighted by Crippen LogP contribution is -2.32. The van der Waals surface area contributed by atoms with E-state index in [1.807, 2.05) is 60.6 Å². The van der Waals surface area contributed by atoms with E-state index < -0.39 is 0 Å². The van der Waals surface area contributed by atoms with Crippen LogP contribution < -0.4 is 5.32 Å². The van der Waals surface area contributed by atoms with Crippen LogP contribution in [0.2, 0.25) is 0 Å². The molecular formula is C15H16BrN3S. The smallest absolute Gasteiger partial charge is 0.173 e. The summed E-state index contributed by atoms with van der Waals surface area (Å²) in [6.07, 6.45) is 2.69. The van der Waals surface area contributed by atoms with Gasteiger partial charge < -0.3 is 10.2 Å². The molecule has 0 radical (unpaired) electrons. The predicted octanol–water partition coefficient (Wildman–Crippen LogP) is 3.72. The van der Waals surface area contributed by atoms with E-state index in [0.29, 0.717) is 5.11 Å². The van der Waals surface area contributed by atoms with Gasteiger partial charge in [-0.15, -0.1) is 0 Å². The molecule has 0 aliphatic rings. The molecule has 5 heteroatoms. The Kier molecular flexibility index (Phi) is 5.49. The number of aromatic nitrogens is 1. The largest absolute Gasteiger partial charge is 0.352 e. The number of likely N-dealkylation sites (N-methyl/N-ethyl adjacent to an activating group) is 1. The molecule has 2 rings (SSSR count). The number of benzene rings is 1. The standard InChI is InChI=1S/C15H16BrN3S/c1-19(10-8-13-6-2-3-9-17-13)15(20)18-14-7-4-5-12(16)11-14/h2-7,9,11H,8,10H2,1H3,(H,18,20). The molecule has 104 valence electrons. The van der Waals surface area contributed by atoms with Crippen molar-refractivity contribution in [3.63, 3.8) is 0 Å². The number of anilines is 1. The first-order valence-corrected chi connectivity index (χ1v) is 7.53. The number of hydrogen-bond acceptors (Lipinski definition) is 2. The summed E-state index contributed by atoms with van der Waals surface area (Å²) < 4.78 is 1.03. The van der Waals surface area contributed by atoms with E-state index in [1.165, 1.54) is 0 Å². The molecule has 1 aromatic heterocycles. The van der Waals surface area contributed by atoms with E-state index in [4.69, 9.17) is 12.2 Å². The molecular weight excluding hydrogens is 334 g/mol. The topological polar surface area (TPSA) is 28.2 Å². The van der Waals surface area contributed by atoms with E-state index in [9.17, 15) is 0 Å². The zero-order valence-electron chi connectivity index (χ0n) is 11.2. The molecule has 1 heterocycles. The van der Waals surface area contributed by atoms with E-state index in [2.05, 4.69) is 26.2 Å². The Morgan fingerprint density at radius 3 is 2.85 bits per heavy atom. The average molecular weight is 350 g/mol. The molecule has 0 saturated carbocycles. The van der Waals surface area contributed by atoms with E-state index >= 15 is 0 Å². The minimum absolute atomic E-state index is 0.707. The van der Waals surface area contributed by atoms with Crippen molar-refractivity contribution >= 4 is 38.9 Å². The zero-order valence-corrected chi connectivity index (χ0v) is 13.6. The molecule has 0 unspecified atom stereocenters. The summed E-state index contributed by atoms with van der Waals surface area (Å²) in [7, 11) is 1.98. The summed E-state index contributed by atoms with van der Waals surface area (Å²) in [5.74, 6) is 0. The number of hydrogen-bond donors (Lipinski definition) is 1. The van der Waals surface area contributed by atoms with E-state index in [0.717, 1.165) is 28.8 Å². The second kappa shape index (κ2) is 7.36. The Labute approximate surface area is 133 Å². The number of thiocarbonyl (C=S) groups is 1. The molecule has 0 atom stereocenters. The van der Waals surface area contributed by atoms with Gasteiger partial charge in [-0.2, -0.15) is 0 Å². The second-order valence-corrected chi connectivity index (χ2v) is 5.74. The molecule has 2 aromatic rings. The van der Waals surface area contributed by atoms with Gasteiger partial charge in [-0.3, -0.25) is 4.98 Å². The third kappa shape index (κ3) is 4.58. The summed E-state index contributed by atoms with van der Waals surface area (Å²) in [4.78, 5) is 6.33. The van der Waals surface area contributed by atoms with Crippen LogP contribution in [0.3, 0.4) is 0 Å². The van der Waals surface area contributed by atoms with Crippen LogP contribution in [0.15, 0.2) is 53.1 Å². The molecule has 0 saturated heterocycles. The van der Waals surface area contributed by atoms with Gasteiger partial charge in [0.1, 0.15) is 0 Å². The van der Waals surface area contributed by atoms with Crippen molar-refractivity contribution in [3.05, 3.63) is 58.8 Å². The van der Waals surface area contributed by atoms with Gasteiger partial charge in [0.05, 0.1) is 0 Å². The molecule has 1 aromatic carbocycles. The first-order valence-electron chi connectivity index (χ1n) is 6.33. The van der Waals surface area contributed by atoms with Gasteiger partial charge >= 0.3 is 0 Å². The molecule has 0 spiro atoms. The maximum absolute atomic E-state index is 5.40. The number of rotatable bonds is 4. The van der Waals surface area contributed by atoms with Crippen LogP contribution in [-0.2, 0) is 6.42 Å². The van der Waals surface area contributed by atoms with Gasteiger partial charge in [0, 0.05) is 42.1 Å². The monoisotopic (exact) mass is 349 g/mol. The minimum atomic E-state index is 0.707. The van der Waals surface area contributed by atoms with Crippen LogP contribution in [0.1, 0.15) is 5.69 Å². The molecule has 0 fully saturated rings. The fourth-order valence-corrected chi connectivity index (χ4v) is 2.32. The Bertz CT molecular complexity index is 574. The first-order chi connectivity index (χ1) is 9.65. The van der Waals surface area contributed by atoms with Crippen LogP contribution in [0.4, 0.5) is 5.69 Å². The number of nitrogens with zero attached hydrogens (tertiary/aromatic N) is 2. The van der Waals surface area contributed by atoms with E-state index in [-0.39, 0.29) is 0 Å². The van der Waals surface area contributed by atoms with Crippen molar-refractivity contribution in [1.82, 2.24) is 9.88 Å². The van der Waals surface area contributed by atoms with Crippen LogP contribution in [0, 0.1) is 0 Å². The van der Waals surface area contributed by atoms with Crippen LogP contribution >= 0.6 is 28.1 Å². The van der Waals surface area contributed by atoms with Gasteiger partial charge in [0.15, 0.2) is 5.11 Å². The van der Waals surface area contributed by atoms with Crippen molar-refractivity contribution in [2.24, 2.45) is 0 Å². The number of nitrogens with one attached hydrogen (secondary N) is 1. The fourth-order valence-electron chi connectivity index (χ4n) is 1.71.